The van der Waals surface area contributed by atoms with Gasteiger partial charge in [0.15, 0.2) is 0 Å². The quantitative estimate of drug-likeness (QED) is 0.576. The number of carbonyl (C=O) groups excluding carboxylic acids is 1. The van der Waals surface area contributed by atoms with Gasteiger partial charge in [-0.1, -0.05) is 29.8 Å². The summed E-state index contributed by atoms with van der Waals surface area (Å²) in [7, 11) is 0. The fourth-order valence-corrected chi connectivity index (χ4v) is 4.65. The van der Waals surface area contributed by atoms with Crippen molar-refractivity contribution in [1.82, 2.24) is 4.98 Å². The summed E-state index contributed by atoms with van der Waals surface area (Å²) >= 11 is 7.32. The van der Waals surface area contributed by atoms with E-state index < -0.39 is 5.82 Å². The standard InChI is InChI=1S/C21H18ClFN2OS/c22-16-11-13(9-10-17(16)23)24-20(26)12-27-21-14-5-1-3-7-18(14)25-19-8-4-2-6-15(19)21/h1,3,5,7,9-11H,2,4,6,8,12H2,(H,24,26). The van der Waals surface area contributed by atoms with Crippen LogP contribution in [0.5, 0.6) is 0 Å². The van der Waals surface area contributed by atoms with Crippen LogP contribution in [-0.4, -0.2) is 16.6 Å². The lowest BCUT2D eigenvalue weighted by Gasteiger charge is -2.20. The Hall–Kier alpha value is -2.11. The summed E-state index contributed by atoms with van der Waals surface area (Å²) in [4.78, 5) is 18.4. The zero-order chi connectivity index (χ0) is 18.8. The lowest BCUT2D eigenvalue weighted by Crippen LogP contribution is -2.15. The zero-order valence-electron chi connectivity index (χ0n) is 14.6. The minimum Gasteiger partial charge on any atom is -0.325 e. The smallest absolute Gasteiger partial charge is 0.234 e. The summed E-state index contributed by atoms with van der Waals surface area (Å²) in [6, 6.07) is 12.3. The lowest BCUT2D eigenvalue weighted by atomic mass is 9.94. The molecule has 27 heavy (non-hydrogen) atoms. The topological polar surface area (TPSA) is 42.0 Å². The van der Waals surface area contributed by atoms with Crippen LogP contribution in [0.4, 0.5) is 10.1 Å². The molecule has 2 aromatic carbocycles. The van der Waals surface area contributed by atoms with Gasteiger partial charge in [0.25, 0.3) is 0 Å². The summed E-state index contributed by atoms with van der Waals surface area (Å²) in [5.41, 5.74) is 3.91. The summed E-state index contributed by atoms with van der Waals surface area (Å²) in [6.07, 6.45) is 4.31. The molecule has 0 saturated carbocycles. The first-order chi connectivity index (χ1) is 13.1. The number of benzene rings is 2. The fourth-order valence-electron chi connectivity index (χ4n) is 3.40. The number of nitrogens with zero attached hydrogens (tertiary/aromatic N) is 1. The van der Waals surface area contributed by atoms with E-state index >= 15 is 0 Å². The Kier molecular flexibility index (Phi) is 5.32. The third kappa shape index (κ3) is 3.94. The van der Waals surface area contributed by atoms with E-state index in [2.05, 4.69) is 11.4 Å². The number of fused-ring (bicyclic) bond motifs is 2. The largest absolute Gasteiger partial charge is 0.325 e. The van der Waals surface area contributed by atoms with Crippen molar-refractivity contribution in [3.8, 4) is 0 Å². The van der Waals surface area contributed by atoms with Crippen LogP contribution in [-0.2, 0) is 17.6 Å². The minimum atomic E-state index is -0.501. The van der Waals surface area contributed by atoms with Crippen molar-refractivity contribution in [1.29, 1.82) is 0 Å². The Bertz CT molecular complexity index is 1020. The number of para-hydroxylation sites is 1. The Morgan fingerprint density at radius 2 is 2.00 bits per heavy atom. The molecule has 0 radical (unpaired) electrons. The highest BCUT2D eigenvalue weighted by Crippen LogP contribution is 2.36. The molecule has 0 spiro atoms. The number of anilines is 1. The van der Waals surface area contributed by atoms with E-state index in [1.54, 1.807) is 11.8 Å². The van der Waals surface area contributed by atoms with Gasteiger partial charge in [-0.15, -0.1) is 11.8 Å². The second-order valence-corrected chi connectivity index (χ2v) is 7.95. The van der Waals surface area contributed by atoms with Crippen LogP contribution < -0.4 is 5.32 Å². The molecule has 0 aliphatic heterocycles. The SMILES string of the molecule is O=C(CSc1c2c(nc3ccccc13)CCCC2)Nc1ccc(F)c(Cl)c1. The van der Waals surface area contributed by atoms with Crippen molar-refractivity contribution >= 4 is 45.9 Å². The highest BCUT2D eigenvalue weighted by atomic mass is 35.5. The number of hydrogen-bond acceptors (Lipinski definition) is 3. The van der Waals surface area contributed by atoms with Crippen LogP contribution in [0.25, 0.3) is 10.9 Å². The second-order valence-electron chi connectivity index (χ2n) is 6.56. The summed E-state index contributed by atoms with van der Waals surface area (Å²) in [5.74, 6) is -0.373. The van der Waals surface area contributed by atoms with Crippen molar-refractivity contribution in [2.45, 2.75) is 30.6 Å². The molecule has 0 atom stereocenters. The number of carbonyl (C=O) groups is 1. The zero-order valence-corrected chi connectivity index (χ0v) is 16.2. The first-order valence-electron chi connectivity index (χ1n) is 8.90. The van der Waals surface area contributed by atoms with E-state index in [1.807, 2.05) is 18.2 Å². The molecule has 138 valence electrons. The second kappa shape index (κ2) is 7.87. The lowest BCUT2D eigenvalue weighted by molar-refractivity contribution is -0.113. The van der Waals surface area contributed by atoms with E-state index in [9.17, 15) is 9.18 Å². The van der Waals surface area contributed by atoms with Crippen LogP contribution in [0.3, 0.4) is 0 Å². The molecular formula is C21H18ClFN2OS. The van der Waals surface area contributed by atoms with Gasteiger partial charge < -0.3 is 5.32 Å². The van der Waals surface area contributed by atoms with E-state index in [0.717, 1.165) is 47.2 Å². The molecule has 0 bridgehead atoms. The first kappa shape index (κ1) is 18.3. The number of nitrogens with one attached hydrogen (secondary N) is 1. The third-order valence-corrected chi connectivity index (χ3v) is 6.12. The molecule has 6 heteroatoms. The van der Waals surface area contributed by atoms with Gasteiger partial charge in [-0.2, -0.15) is 0 Å². The molecule has 1 aliphatic carbocycles. The molecule has 0 saturated heterocycles. The number of rotatable bonds is 4. The number of aromatic nitrogens is 1. The van der Waals surface area contributed by atoms with Gasteiger partial charge in [0.2, 0.25) is 5.91 Å². The molecule has 4 rings (SSSR count). The van der Waals surface area contributed by atoms with Crippen molar-refractivity contribution < 1.29 is 9.18 Å². The fraction of sp³-hybridized carbons (Fsp3) is 0.238. The number of hydrogen-bond donors (Lipinski definition) is 1. The Balaban J connectivity index is 1.56. The van der Waals surface area contributed by atoms with Gasteiger partial charge >= 0.3 is 0 Å². The molecule has 3 nitrogen and oxygen atoms in total. The normalized spacial score (nSPS) is 13.4. The summed E-state index contributed by atoms with van der Waals surface area (Å²) in [5, 5.41) is 3.87. The third-order valence-electron chi connectivity index (χ3n) is 4.67. The predicted octanol–water partition coefficient (Wildman–Crippen LogP) is 5.64. The van der Waals surface area contributed by atoms with Crippen LogP contribution >= 0.6 is 23.4 Å². The maximum absolute atomic E-state index is 13.3. The van der Waals surface area contributed by atoms with Gasteiger partial charge in [-0.05, 0) is 55.5 Å². The number of aryl methyl sites for hydroxylation is 1. The number of pyridine rings is 1. The Labute approximate surface area is 166 Å². The van der Waals surface area contributed by atoms with Gasteiger partial charge in [-0.25, -0.2) is 4.39 Å². The van der Waals surface area contributed by atoms with E-state index in [0.29, 0.717) is 5.69 Å². The van der Waals surface area contributed by atoms with Crippen LogP contribution in [0.15, 0.2) is 47.4 Å². The molecule has 0 unspecified atom stereocenters. The van der Waals surface area contributed by atoms with E-state index in [4.69, 9.17) is 16.6 Å². The first-order valence-corrected chi connectivity index (χ1v) is 10.3. The van der Waals surface area contributed by atoms with Gasteiger partial charge in [0.1, 0.15) is 5.82 Å². The molecule has 1 aromatic heterocycles. The van der Waals surface area contributed by atoms with Crippen LogP contribution in [0, 0.1) is 5.82 Å². The molecular weight excluding hydrogens is 383 g/mol. The molecule has 0 fully saturated rings. The maximum Gasteiger partial charge on any atom is 0.234 e. The minimum absolute atomic E-state index is 0.00495. The average molecular weight is 401 g/mol. The van der Waals surface area contributed by atoms with Crippen LogP contribution in [0.1, 0.15) is 24.1 Å². The van der Waals surface area contributed by atoms with Crippen molar-refractivity contribution in [3.63, 3.8) is 0 Å². The van der Waals surface area contributed by atoms with Crippen molar-refractivity contribution in [2.24, 2.45) is 0 Å². The molecule has 1 amide bonds. The number of halogens is 2. The highest BCUT2D eigenvalue weighted by Gasteiger charge is 2.19. The van der Waals surface area contributed by atoms with Gasteiger partial charge in [0.05, 0.1) is 16.3 Å². The Morgan fingerprint density at radius 3 is 2.85 bits per heavy atom. The van der Waals surface area contributed by atoms with Crippen LogP contribution in [0.2, 0.25) is 5.02 Å². The molecule has 1 aliphatic rings. The van der Waals surface area contributed by atoms with Crippen molar-refractivity contribution in [2.75, 3.05) is 11.1 Å². The molecule has 1 heterocycles. The number of thioether (sulfide) groups is 1. The Morgan fingerprint density at radius 1 is 1.19 bits per heavy atom. The maximum atomic E-state index is 13.3. The highest BCUT2D eigenvalue weighted by molar-refractivity contribution is 8.00. The average Bonchev–Trinajstić information content (AvgIpc) is 2.68. The molecule has 1 N–H and O–H groups in total. The van der Waals surface area contributed by atoms with Gasteiger partial charge in [0, 0.05) is 21.7 Å². The van der Waals surface area contributed by atoms with E-state index in [1.165, 1.54) is 23.8 Å². The summed E-state index contributed by atoms with van der Waals surface area (Å²) in [6.45, 7) is 0. The number of amides is 1. The van der Waals surface area contributed by atoms with Gasteiger partial charge in [-0.3, -0.25) is 9.78 Å². The van der Waals surface area contributed by atoms with Crippen molar-refractivity contribution in [3.05, 3.63) is 64.6 Å². The monoisotopic (exact) mass is 400 g/mol. The summed E-state index contributed by atoms with van der Waals surface area (Å²) < 4.78 is 13.3. The molecule has 3 aromatic rings. The predicted molar refractivity (Wildman–Crippen MR) is 109 cm³/mol. The van der Waals surface area contributed by atoms with E-state index in [-0.39, 0.29) is 16.7 Å².